The van der Waals surface area contributed by atoms with E-state index in [9.17, 15) is 4.79 Å². The molecule has 0 bridgehead atoms. The Kier molecular flexibility index (Phi) is 3.23. The van der Waals surface area contributed by atoms with Crippen LogP contribution in [0.15, 0.2) is 12.4 Å². The monoisotopic (exact) mass is 235 g/mol. The van der Waals surface area contributed by atoms with E-state index in [0.717, 1.165) is 0 Å². The third-order valence-electron chi connectivity index (χ3n) is 3.15. The van der Waals surface area contributed by atoms with Gasteiger partial charge in [-0.05, 0) is 18.8 Å². The Morgan fingerprint density at radius 2 is 2.18 bits per heavy atom. The van der Waals surface area contributed by atoms with Crippen LogP contribution >= 0.6 is 0 Å². The Morgan fingerprint density at radius 3 is 2.71 bits per heavy atom. The van der Waals surface area contributed by atoms with E-state index in [1.54, 1.807) is 6.20 Å². The molecule has 0 radical (unpaired) electrons. The first-order chi connectivity index (χ1) is 8.15. The Bertz CT molecular complexity index is 418. The summed E-state index contributed by atoms with van der Waals surface area (Å²) in [5, 5.41) is 0. The maximum Gasteiger partial charge on any atom is 0.271 e. The minimum atomic E-state index is -0.563. The minimum absolute atomic E-state index is 0.199. The number of primary amides is 1. The smallest absolute Gasteiger partial charge is 0.271 e. The highest BCUT2D eigenvalue weighted by atomic mass is 16.1. The van der Waals surface area contributed by atoms with Crippen molar-refractivity contribution in [2.75, 3.05) is 18.5 Å². The summed E-state index contributed by atoms with van der Waals surface area (Å²) in [6, 6.07) is 0.199. The summed E-state index contributed by atoms with van der Waals surface area (Å²) in [7, 11) is 1.88. The standard InChI is InChI=1S/C11H17N5O/c1-16(8(6-12)7-2-3-7)11-9(10(13)17)14-4-5-15-11/h4-5,7-8H,2-3,6,12H2,1H3,(H2,13,17). The van der Waals surface area contributed by atoms with Gasteiger partial charge in [0, 0.05) is 32.0 Å². The summed E-state index contributed by atoms with van der Waals surface area (Å²) >= 11 is 0. The maximum atomic E-state index is 11.3. The second kappa shape index (κ2) is 4.67. The lowest BCUT2D eigenvalue weighted by atomic mass is 10.1. The van der Waals surface area contributed by atoms with Gasteiger partial charge in [0.1, 0.15) is 0 Å². The lowest BCUT2D eigenvalue weighted by Gasteiger charge is -2.28. The molecular formula is C11H17N5O. The highest BCUT2D eigenvalue weighted by Crippen LogP contribution is 2.36. The second-order valence-electron chi connectivity index (χ2n) is 4.34. The Labute approximate surface area is 100 Å². The average Bonchev–Trinajstić information content (AvgIpc) is 3.14. The van der Waals surface area contributed by atoms with Crippen molar-refractivity contribution < 1.29 is 4.79 Å². The number of carbonyl (C=O) groups is 1. The molecule has 1 atom stereocenters. The topological polar surface area (TPSA) is 98.1 Å². The van der Waals surface area contributed by atoms with Gasteiger partial charge in [0.05, 0.1) is 0 Å². The van der Waals surface area contributed by atoms with E-state index in [1.165, 1.54) is 19.0 Å². The van der Waals surface area contributed by atoms with Crippen molar-refractivity contribution in [3.05, 3.63) is 18.1 Å². The molecule has 0 aliphatic heterocycles. The van der Waals surface area contributed by atoms with Crippen LogP contribution in [0.25, 0.3) is 0 Å². The molecule has 1 saturated carbocycles. The Morgan fingerprint density at radius 1 is 1.53 bits per heavy atom. The van der Waals surface area contributed by atoms with Crippen LogP contribution in [0.5, 0.6) is 0 Å². The van der Waals surface area contributed by atoms with E-state index in [0.29, 0.717) is 18.3 Å². The molecule has 1 amide bonds. The number of nitrogens with two attached hydrogens (primary N) is 2. The molecule has 6 nitrogen and oxygen atoms in total. The molecule has 0 saturated heterocycles. The third-order valence-corrected chi connectivity index (χ3v) is 3.15. The van der Waals surface area contributed by atoms with Gasteiger partial charge in [-0.15, -0.1) is 0 Å². The van der Waals surface area contributed by atoms with E-state index < -0.39 is 5.91 Å². The van der Waals surface area contributed by atoms with Crippen LogP contribution in [-0.4, -0.2) is 35.5 Å². The molecule has 1 aromatic rings. The molecule has 2 rings (SSSR count). The van der Waals surface area contributed by atoms with Gasteiger partial charge < -0.3 is 16.4 Å². The first-order valence-corrected chi connectivity index (χ1v) is 5.69. The summed E-state index contributed by atoms with van der Waals surface area (Å²) in [6.07, 6.45) is 5.38. The molecule has 1 fully saturated rings. The molecule has 4 N–H and O–H groups in total. The SMILES string of the molecule is CN(c1nccnc1C(N)=O)C(CN)C1CC1. The van der Waals surface area contributed by atoms with Crippen LogP contribution in [0.4, 0.5) is 5.82 Å². The van der Waals surface area contributed by atoms with Crippen LogP contribution in [0.1, 0.15) is 23.3 Å². The van der Waals surface area contributed by atoms with Crippen molar-refractivity contribution in [2.24, 2.45) is 17.4 Å². The number of likely N-dealkylation sites (N-methyl/N-ethyl adjacent to an activating group) is 1. The predicted molar refractivity (Wildman–Crippen MR) is 64.5 cm³/mol. The lowest BCUT2D eigenvalue weighted by molar-refractivity contribution is 0.0995. The fourth-order valence-corrected chi connectivity index (χ4v) is 2.07. The largest absolute Gasteiger partial charge is 0.364 e. The van der Waals surface area contributed by atoms with Crippen molar-refractivity contribution >= 4 is 11.7 Å². The number of aromatic nitrogens is 2. The zero-order valence-corrected chi connectivity index (χ0v) is 9.84. The summed E-state index contributed by atoms with van der Waals surface area (Å²) in [4.78, 5) is 21.4. The molecular weight excluding hydrogens is 218 g/mol. The molecule has 1 heterocycles. The number of nitrogens with zero attached hydrogens (tertiary/aromatic N) is 3. The van der Waals surface area contributed by atoms with Crippen molar-refractivity contribution in [3.8, 4) is 0 Å². The summed E-state index contributed by atoms with van der Waals surface area (Å²) < 4.78 is 0. The number of carbonyl (C=O) groups excluding carboxylic acids is 1. The first-order valence-electron chi connectivity index (χ1n) is 5.69. The van der Waals surface area contributed by atoms with Crippen molar-refractivity contribution in [2.45, 2.75) is 18.9 Å². The van der Waals surface area contributed by atoms with Crippen molar-refractivity contribution in [1.29, 1.82) is 0 Å². The fourth-order valence-electron chi connectivity index (χ4n) is 2.07. The van der Waals surface area contributed by atoms with Crippen LogP contribution in [0, 0.1) is 5.92 Å². The highest BCUT2D eigenvalue weighted by Gasteiger charge is 2.34. The predicted octanol–water partition coefficient (Wildman–Crippen LogP) is -0.251. The lowest BCUT2D eigenvalue weighted by Crippen LogP contribution is -2.41. The molecule has 92 valence electrons. The molecule has 1 aliphatic carbocycles. The van der Waals surface area contributed by atoms with Gasteiger partial charge in [-0.1, -0.05) is 0 Å². The van der Waals surface area contributed by atoms with Crippen LogP contribution in [0.3, 0.4) is 0 Å². The number of hydrogen-bond acceptors (Lipinski definition) is 5. The van der Waals surface area contributed by atoms with E-state index in [4.69, 9.17) is 11.5 Å². The van der Waals surface area contributed by atoms with Crippen LogP contribution in [0.2, 0.25) is 0 Å². The molecule has 1 aromatic heterocycles. The number of hydrogen-bond donors (Lipinski definition) is 2. The number of anilines is 1. The number of rotatable bonds is 5. The van der Waals surface area contributed by atoms with E-state index >= 15 is 0 Å². The summed E-state index contributed by atoms with van der Waals surface area (Å²) in [5.41, 5.74) is 11.3. The van der Waals surface area contributed by atoms with E-state index in [-0.39, 0.29) is 11.7 Å². The second-order valence-corrected chi connectivity index (χ2v) is 4.34. The van der Waals surface area contributed by atoms with Crippen molar-refractivity contribution in [3.63, 3.8) is 0 Å². The quantitative estimate of drug-likeness (QED) is 0.733. The van der Waals surface area contributed by atoms with Gasteiger partial charge in [-0.25, -0.2) is 9.97 Å². The summed E-state index contributed by atoms with van der Waals surface area (Å²) in [5.74, 6) is 0.543. The average molecular weight is 235 g/mol. The first kappa shape index (κ1) is 11.8. The molecule has 1 unspecified atom stereocenters. The highest BCUT2D eigenvalue weighted by molar-refractivity contribution is 5.95. The molecule has 1 aliphatic rings. The third kappa shape index (κ3) is 2.36. The van der Waals surface area contributed by atoms with Gasteiger partial charge in [-0.2, -0.15) is 0 Å². The Hall–Kier alpha value is -1.69. The minimum Gasteiger partial charge on any atom is -0.364 e. The molecule has 17 heavy (non-hydrogen) atoms. The normalized spacial score (nSPS) is 16.6. The van der Waals surface area contributed by atoms with Crippen LogP contribution < -0.4 is 16.4 Å². The van der Waals surface area contributed by atoms with Gasteiger partial charge >= 0.3 is 0 Å². The summed E-state index contributed by atoms with van der Waals surface area (Å²) in [6.45, 7) is 0.538. The molecule has 6 heteroatoms. The zero-order chi connectivity index (χ0) is 12.4. The maximum absolute atomic E-state index is 11.3. The number of amides is 1. The van der Waals surface area contributed by atoms with Gasteiger partial charge in [0.15, 0.2) is 11.5 Å². The van der Waals surface area contributed by atoms with E-state index in [2.05, 4.69) is 9.97 Å². The fraction of sp³-hybridized carbons (Fsp3) is 0.545. The molecule has 0 aromatic carbocycles. The van der Waals surface area contributed by atoms with Crippen molar-refractivity contribution in [1.82, 2.24) is 9.97 Å². The van der Waals surface area contributed by atoms with E-state index in [1.807, 2.05) is 11.9 Å². The van der Waals surface area contributed by atoms with Gasteiger partial charge in [-0.3, -0.25) is 4.79 Å². The molecule has 0 spiro atoms. The van der Waals surface area contributed by atoms with Crippen LogP contribution in [-0.2, 0) is 0 Å². The zero-order valence-electron chi connectivity index (χ0n) is 9.84. The van der Waals surface area contributed by atoms with Gasteiger partial charge in [0.2, 0.25) is 0 Å². The van der Waals surface area contributed by atoms with Gasteiger partial charge in [0.25, 0.3) is 5.91 Å². The Balaban J connectivity index is 2.28.